The Morgan fingerprint density at radius 3 is 2.02 bits per heavy atom. The molecule has 0 saturated carbocycles. The number of pyridine rings is 1. The predicted molar refractivity (Wildman–Crippen MR) is 242 cm³/mol. The van der Waals surface area contributed by atoms with Gasteiger partial charge in [-0.25, -0.2) is 4.98 Å². The third kappa shape index (κ3) is 6.85. The summed E-state index contributed by atoms with van der Waals surface area (Å²) in [6.07, 6.45) is -0.0101. The minimum atomic E-state index is -1.83. The Balaban J connectivity index is 1.33. The van der Waals surface area contributed by atoms with Crippen molar-refractivity contribution < 1.29 is 7.85 Å². The van der Waals surface area contributed by atoms with Gasteiger partial charge in [0.25, 0.3) is 0 Å². The Hall–Kier alpha value is -6.78. The molecule has 7 aromatic carbocycles. The zero-order chi connectivity index (χ0) is 41.9. The summed E-state index contributed by atoms with van der Waals surface area (Å²) in [4.78, 5) is 10.3. The van der Waals surface area contributed by atoms with Crippen LogP contribution in [0.3, 0.4) is 0 Å². The van der Waals surface area contributed by atoms with E-state index in [2.05, 4.69) is 119 Å². The normalized spacial score (nSPS) is 12.5. The van der Waals surface area contributed by atoms with Crippen LogP contribution in [0.4, 0.5) is 0 Å². The third-order valence-electron chi connectivity index (χ3n) is 11.1. The van der Waals surface area contributed by atoms with Crippen molar-refractivity contribution in [3.63, 3.8) is 0 Å². The largest absolute Gasteiger partial charge is 0.507 e. The lowest BCUT2D eigenvalue weighted by Gasteiger charge is -2.20. The summed E-state index contributed by atoms with van der Waals surface area (Å²) >= 11 is 0. The van der Waals surface area contributed by atoms with Crippen molar-refractivity contribution in [2.45, 2.75) is 53.3 Å². The van der Waals surface area contributed by atoms with Crippen LogP contribution >= 0.6 is 0 Å². The molecule has 0 radical (unpaired) electrons. The number of hydrogen-bond acceptors (Lipinski definition) is 3. The quantitative estimate of drug-likeness (QED) is 0.176. The molecule has 0 fully saturated rings. The van der Waals surface area contributed by atoms with E-state index in [9.17, 15) is 7.85 Å². The fourth-order valence-electron chi connectivity index (χ4n) is 8.44. The van der Waals surface area contributed by atoms with E-state index in [-0.39, 0.29) is 11.2 Å². The summed E-state index contributed by atoms with van der Waals surface area (Å²) in [6, 6.07) is 50.5. The summed E-state index contributed by atoms with van der Waals surface area (Å²) in [7, 11) is 0. The molecule has 4 nitrogen and oxygen atoms in total. The molecule has 58 heavy (non-hydrogen) atoms. The van der Waals surface area contributed by atoms with Gasteiger partial charge in [0.15, 0.2) is 0 Å². The number of imidazole rings is 1. The number of phenolic OH excluding ortho intramolecular Hbond substituents is 1. The molecule has 0 aliphatic rings. The molecule has 0 unspecified atom stereocenters. The highest BCUT2D eigenvalue weighted by Gasteiger charge is 2.22. The first-order chi connectivity index (χ1) is 28.8. The molecule has 4 heteroatoms. The van der Waals surface area contributed by atoms with E-state index in [1.54, 1.807) is 6.07 Å². The van der Waals surface area contributed by atoms with E-state index in [1.807, 2.05) is 79.0 Å². The van der Waals surface area contributed by atoms with Crippen molar-refractivity contribution in [3.8, 4) is 56.2 Å². The second kappa shape index (κ2) is 14.6. The summed E-state index contributed by atoms with van der Waals surface area (Å²) < 4.78 is 21.4. The van der Waals surface area contributed by atoms with Gasteiger partial charge in [-0.1, -0.05) is 123 Å². The lowest BCUT2D eigenvalue weighted by Crippen LogP contribution is -2.11. The van der Waals surface area contributed by atoms with Crippen molar-refractivity contribution in [3.05, 3.63) is 191 Å². The molecule has 284 valence electrons. The summed E-state index contributed by atoms with van der Waals surface area (Å²) in [5, 5.41) is 12.2. The van der Waals surface area contributed by atoms with Gasteiger partial charge in [0.1, 0.15) is 11.6 Å². The number of phenols is 1. The van der Waals surface area contributed by atoms with Gasteiger partial charge in [-0.15, -0.1) is 0 Å². The monoisotopic (exact) mass is 755 g/mol. The number of aryl methyl sites for hydroxylation is 3. The molecule has 1 N–H and O–H groups in total. The average molecular weight is 756 g/mol. The molecule has 9 aromatic rings. The van der Waals surface area contributed by atoms with E-state index in [4.69, 9.17) is 9.97 Å². The predicted octanol–water partition coefficient (Wildman–Crippen LogP) is 13.8. The Morgan fingerprint density at radius 1 is 0.603 bits per heavy atom. The van der Waals surface area contributed by atoms with Gasteiger partial charge in [0.2, 0.25) is 0 Å². The van der Waals surface area contributed by atoms with Crippen molar-refractivity contribution in [1.29, 1.82) is 0 Å². The first kappa shape index (κ1) is 34.5. The van der Waals surface area contributed by atoms with Crippen molar-refractivity contribution >= 4 is 21.9 Å². The van der Waals surface area contributed by atoms with Gasteiger partial charge < -0.3 is 5.11 Å². The maximum Gasteiger partial charge on any atom is 0.149 e. The molecule has 0 amide bonds. The van der Waals surface area contributed by atoms with Gasteiger partial charge in [0.05, 0.1) is 22.1 Å². The van der Waals surface area contributed by atoms with E-state index in [1.165, 1.54) is 27.8 Å². The highest BCUT2D eigenvalue weighted by molar-refractivity contribution is 6.01. The molecular formula is C54H47N3O. The first-order valence-electron chi connectivity index (χ1n) is 20.9. The molecule has 0 aliphatic carbocycles. The lowest BCUT2D eigenvalue weighted by atomic mass is 9.87. The van der Waals surface area contributed by atoms with Crippen LogP contribution in [-0.4, -0.2) is 19.6 Å². The summed E-state index contributed by atoms with van der Waals surface area (Å²) in [5.41, 5.74) is 15.6. The topological polar surface area (TPSA) is 50.9 Å². The Bertz CT molecular complexity index is 3060. The minimum absolute atomic E-state index is 0.0191. The SMILES string of the molecule is [2H]C([2H])(c1ccccc1)c1cc(-c2cc(-c3c(C)cc(C)cc3C)cc3cccnc23)cc(-c2cccc3c2nc(-c2ccccc2O)n3-c2ccc(C(C)(C)C)cc2)c1. The Labute approximate surface area is 344 Å². The van der Waals surface area contributed by atoms with Gasteiger partial charge in [-0.2, -0.15) is 0 Å². The number of hydrogen-bond donors (Lipinski definition) is 1. The summed E-state index contributed by atoms with van der Waals surface area (Å²) in [5.74, 6) is 0.752. The molecular weight excluding hydrogens is 707 g/mol. The number of para-hydroxylation sites is 2. The molecule has 0 saturated heterocycles. The fourth-order valence-corrected chi connectivity index (χ4v) is 8.44. The maximum absolute atomic E-state index is 11.2. The molecule has 2 aromatic heterocycles. The van der Waals surface area contributed by atoms with Crippen LogP contribution in [0.15, 0.2) is 158 Å². The first-order valence-corrected chi connectivity index (χ1v) is 19.9. The number of benzene rings is 7. The maximum atomic E-state index is 11.2. The Kier molecular flexibility index (Phi) is 8.69. The van der Waals surface area contributed by atoms with E-state index in [0.29, 0.717) is 22.5 Å². The number of nitrogens with zero attached hydrogens (tertiary/aromatic N) is 3. The number of fused-ring (bicyclic) bond motifs is 2. The van der Waals surface area contributed by atoms with E-state index >= 15 is 0 Å². The van der Waals surface area contributed by atoms with Crippen LogP contribution in [0.25, 0.3) is 72.4 Å². The molecule has 0 aliphatic heterocycles. The van der Waals surface area contributed by atoms with Crippen molar-refractivity contribution in [2.75, 3.05) is 0 Å². The standard InChI is InChI=1S/C54H47N3O/c1-34-26-35(2)50(36(3)27-34)42-31-39-16-13-25-55-51(39)47(33-42)41-30-38(28-37-14-8-7-9-15-37)29-40(32-41)45-18-12-19-48-52(45)56-53(46-17-10-11-20-49(46)58)57(48)44-23-21-43(22-24-44)54(4,5)6/h7-27,29-33,58H,28H2,1-6H3/i28D2. The highest BCUT2D eigenvalue weighted by atomic mass is 16.3. The van der Waals surface area contributed by atoms with Gasteiger partial charge in [-0.3, -0.25) is 9.55 Å². The average Bonchev–Trinajstić information content (AvgIpc) is 3.63. The lowest BCUT2D eigenvalue weighted by molar-refractivity contribution is 0.477. The van der Waals surface area contributed by atoms with Crippen LogP contribution < -0.4 is 0 Å². The van der Waals surface area contributed by atoms with E-state index < -0.39 is 6.37 Å². The van der Waals surface area contributed by atoms with Crippen LogP contribution in [-0.2, 0) is 11.8 Å². The summed E-state index contributed by atoms with van der Waals surface area (Å²) in [6.45, 7) is 13.1. The van der Waals surface area contributed by atoms with Crippen LogP contribution in [0.5, 0.6) is 5.75 Å². The van der Waals surface area contributed by atoms with Crippen LogP contribution in [0.2, 0.25) is 0 Å². The van der Waals surface area contributed by atoms with Gasteiger partial charge >= 0.3 is 0 Å². The Morgan fingerprint density at radius 2 is 1.29 bits per heavy atom. The second-order valence-electron chi connectivity index (χ2n) is 16.4. The van der Waals surface area contributed by atoms with Crippen LogP contribution in [0.1, 0.15) is 56.9 Å². The molecule has 2 heterocycles. The smallest absolute Gasteiger partial charge is 0.149 e. The fraction of sp³-hybridized carbons (Fsp3) is 0.148. The van der Waals surface area contributed by atoms with Crippen molar-refractivity contribution in [1.82, 2.24) is 14.5 Å². The minimum Gasteiger partial charge on any atom is -0.507 e. The highest BCUT2D eigenvalue weighted by Crippen LogP contribution is 2.41. The number of rotatable bonds is 7. The third-order valence-corrected chi connectivity index (χ3v) is 11.1. The molecule has 0 bridgehead atoms. The molecule has 9 rings (SSSR count). The zero-order valence-corrected chi connectivity index (χ0v) is 33.8. The molecule has 0 atom stereocenters. The van der Waals surface area contributed by atoms with Crippen molar-refractivity contribution in [2.24, 2.45) is 0 Å². The number of aromatic hydroxyl groups is 1. The number of aromatic nitrogens is 3. The van der Waals surface area contributed by atoms with E-state index in [0.717, 1.165) is 55.4 Å². The van der Waals surface area contributed by atoms with Crippen LogP contribution in [0, 0.1) is 20.8 Å². The zero-order valence-electron chi connectivity index (χ0n) is 35.8. The van der Waals surface area contributed by atoms with Gasteiger partial charge in [0, 0.05) is 31.1 Å². The molecule has 0 spiro atoms. The van der Waals surface area contributed by atoms with Gasteiger partial charge in [-0.05, 0) is 137 Å². The second-order valence-corrected chi connectivity index (χ2v) is 16.4.